The van der Waals surface area contributed by atoms with Crippen LogP contribution in [0, 0.1) is 0 Å². The molecule has 7 heteroatoms. The smallest absolute Gasteiger partial charge is 0.298 e. The van der Waals surface area contributed by atoms with Crippen LogP contribution in [0.2, 0.25) is 0 Å². The van der Waals surface area contributed by atoms with Gasteiger partial charge in [0.15, 0.2) is 0 Å². The lowest BCUT2D eigenvalue weighted by Crippen LogP contribution is -2.05. The van der Waals surface area contributed by atoms with Crippen molar-refractivity contribution in [3.05, 3.63) is 93.0 Å². The third-order valence-corrected chi connectivity index (χ3v) is 10.7. The normalized spacial score (nSPS) is 11.6. The fourth-order valence-corrected chi connectivity index (χ4v) is 7.38. The van der Waals surface area contributed by atoms with E-state index in [9.17, 15) is 19.5 Å². The fourth-order valence-electron chi connectivity index (χ4n) is 7.38. The van der Waals surface area contributed by atoms with Crippen LogP contribution in [0.4, 0.5) is 0 Å². The summed E-state index contributed by atoms with van der Waals surface area (Å²) in [6.45, 7) is 35.1. The van der Waals surface area contributed by atoms with E-state index in [2.05, 4.69) is 159 Å². The Kier molecular flexibility index (Phi) is 16.9. The van der Waals surface area contributed by atoms with E-state index >= 15 is 0 Å². The first-order valence-electron chi connectivity index (χ1n) is 20.9. The van der Waals surface area contributed by atoms with Gasteiger partial charge in [-0.3, -0.25) is 14.4 Å². The summed E-state index contributed by atoms with van der Waals surface area (Å²) < 4.78 is 16.2. The minimum absolute atomic E-state index is 0.198. The van der Waals surface area contributed by atoms with Crippen LogP contribution in [0.5, 0.6) is 23.0 Å². The Labute approximate surface area is 348 Å². The van der Waals surface area contributed by atoms with Crippen molar-refractivity contribution in [3.8, 4) is 45.3 Å². The minimum atomic E-state index is 0.198. The highest BCUT2D eigenvalue weighted by atomic mass is 16.5. The molecule has 0 aliphatic rings. The highest BCUT2D eigenvalue weighted by Gasteiger charge is 2.23. The Morgan fingerprint density at radius 1 is 0.328 bits per heavy atom. The van der Waals surface area contributed by atoms with Gasteiger partial charge >= 0.3 is 0 Å². The zero-order chi connectivity index (χ0) is 43.8. The van der Waals surface area contributed by atoms with Crippen molar-refractivity contribution in [1.29, 1.82) is 0 Å². The second kappa shape index (κ2) is 20.7. The molecule has 0 spiro atoms. The van der Waals surface area contributed by atoms with Gasteiger partial charge in [0, 0.05) is 0 Å². The molecule has 0 radical (unpaired) electrons. The molecule has 4 aromatic rings. The number of phenolic OH excluding ortho intramolecular Hbond substituents is 1. The molecule has 0 aliphatic carbocycles. The molecule has 0 aliphatic heterocycles. The Morgan fingerprint density at radius 3 is 0.621 bits per heavy atom. The molecule has 0 heterocycles. The summed E-state index contributed by atoms with van der Waals surface area (Å²) in [4.78, 5) is 33.4. The van der Waals surface area contributed by atoms with Crippen LogP contribution in [0.15, 0.2) is 48.5 Å². The molecule has 0 amide bonds. The van der Waals surface area contributed by atoms with E-state index in [0.29, 0.717) is 42.4 Å². The van der Waals surface area contributed by atoms with Gasteiger partial charge in [-0.15, -0.1) is 0 Å². The predicted octanol–water partition coefficient (Wildman–Crippen LogP) is 14.0. The summed E-state index contributed by atoms with van der Waals surface area (Å²) in [5, 5.41) is 10.7. The Morgan fingerprint density at radius 2 is 0.483 bits per heavy atom. The Bertz CT molecular complexity index is 1850. The zero-order valence-corrected chi connectivity index (χ0v) is 37.9. The molecule has 4 aromatic carbocycles. The maximum atomic E-state index is 11.2. The molecule has 314 valence electrons. The van der Waals surface area contributed by atoms with E-state index in [0.717, 1.165) is 66.8 Å². The molecule has 0 aromatic heterocycles. The predicted molar refractivity (Wildman–Crippen MR) is 238 cm³/mol. The average Bonchev–Trinajstić information content (AvgIpc) is 3.14. The van der Waals surface area contributed by atoms with Gasteiger partial charge in [-0.2, -0.15) is 0 Å². The van der Waals surface area contributed by atoms with E-state index in [-0.39, 0.29) is 47.3 Å². The number of hydrogen-bond donors (Lipinski definition) is 1. The second-order valence-electron chi connectivity index (χ2n) is 17.8. The van der Waals surface area contributed by atoms with Gasteiger partial charge < -0.3 is 19.3 Å². The number of phenols is 1. The van der Waals surface area contributed by atoms with Gasteiger partial charge in [0.2, 0.25) is 0 Å². The topological polar surface area (TPSA) is 99.1 Å². The van der Waals surface area contributed by atoms with Crippen molar-refractivity contribution >= 4 is 19.4 Å². The molecule has 0 saturated heterocycles. The summed E-state index contributed by atoms with van der Waals surface area (Å²) >= 11 is 0. The van der Waals surface area contributed by atoms with Crippen molar-refractivity contribution < 1.29 is 33.7 Å². The lowest BCUT2D eigenvalue weighted by Gasteiger charge is -2.22. The fraction of sp³-hybridized carbons (Fsp3) is 0.471. The van der Waals surface area contributed by atoms with Crippen LogP contribution in [0.3, 0.4) is 0 Å². The van der Waals surface area contributed by atoms with Gasteiger partial charge in [-0.25, -0.2) is 0 Å². The molecular weight excluding hydrogens is 725 g/mol. The number of carbonyl (C=O) groups excluding carboxylic acids is 3. The van der Waals surface area contributed by atoms with Crippen molar-refractivity contribution in [2.75, 3.05) is 0 Å². The summed E-state index contributed by atoms with van der Waals surface area (Å²) in [7, 11) is 0. The lowest BCUT2D eigenvalue weighted by molar-refractivity contribution is -0.121. The van der Waals surface area contributed by atoms with Crippen molar-refractivity contribution in [2.24, 2.45) is 0 Å². The number of aromatic hydroxyl groups is 1. The second-order valence-corrected chi connectivity index (χ2v) is 17.8. The third kappa shape index (κ3) is 11.0. The van der Waals surface area contributed by atoms with Crippen LogP contribution in [-0.4, -0.2) is 24.5 Å². The van der Waals surface area contributed by atoms with Crippen LogP contribution in [0.25, 0.3) is 22.3 Å². The lowest BCUT2D eigenvalue weighted by atomic mass is 9.86. The number of rotatable bonds is 16. The molecule has 4 rings (SSSR count). The zero-order valence-electron chi connectivity index (χ0n) is 37.9. The first kappa shape index (κ1) is 47.5. The van der Waals surface area contributed by atoms with E-state index < -0.39 is 0 Å². The van der Waals surface area contributed by atoms with Gasteiger partial charge in [-0.1, -0.05) is 111 Å². The first-order valence-corrected chi connectivity index (χ1v) is 20.9. The Balaban J connectivity index is 0.000000311. The molecule has 58 heavy (non-hydrogen) atoms. The van der Waals surface area contributed by atoms with E-state index in [1.807, 2.05) is 0 Å². The van der Waals surface area contributed by atoms with Crippen LogP contribution < -0.4 is 14.2 Å². The summed E-state index contributed by atoms with van der Waals surface area (Å²) in [5.74, 6) is 4.09. The van der Waals surface area contributed by atoms with Gasteiger partial charge in [0.25, 0.3) is 19.4 Å². The average molecular weight is 793 g/mol. The van der Waals surface area contributed by atoms with Gasteiger partial charge in [0.1, 0.15) is 23.0 Å². The van der Waals surface area contributed by atoms with E-state index in [1.54, 1.807) is 0 Å². The number of hydrogen-bond acceptors (Lipinski definition) is 7. The van der Waals surface area contributed by atoms with Crippen LogP contribution in [0.1, 0.15) is 203 Å². The highest BCUT2D eigenvalue weighted by Crippen LogP contribution is 2.44. The van der Waals surface area contributed by atoms with Crippen LogP contribution >= 0.6 is 0 Å². The first-order chi connectivity index (χ1) is 27.2. The molecule has 7 nitrogen and oxygen atoms in total. The molecule has 1 N–H and O–H groups in total. The van der Waals surface area contributed by atoms with E-state index in [4.69, 9.17) is 14.2 Å². The minimum Gasteiger partial charge on any atom is -0.507 e. The van der Waals surface area contributed by atoms with E-state index in [1.165, 1.54) is 0 Å². The summed E-state index contributed by atoms with van der Waals surface area (Å²) in [6.07, 6.45) is 0. The maximum Gasteiger partial charge on any atom is 0.298 e. The SMILES string of the molecule is CC(C)c1cc(-c2cc(C(C)C)c(OC=O)c(C(C)C)c2)cc(C(C)C)c1O.CC(C)c1cc(-c2cc(C(C)C)c(OC=O)c(C(C)C)c2)cc(C(C)C)c1OC=O. The molecular formula is C51H68O7. The molecule has 0 bridgehead atoms. The van der Waals surface area contributed by atoms with Gasteiger partial charge in [0.05, 0.1) is 0 Å². The molecule has 0 atom stereocenters. The number of benzene rings is 4. The standard InChI is InChI=1S/C26H34O4.C25H34O3/c1-15(2)21-9-19(10-22(16(3)4)25(21)29-13-27)20-11-23(17(5)6)26(30-14-28)24(12-20)18(7)8;1-14(2)20-9-18(10-21(15(3)4)24(20)27)19-11-22(16(5)6)25(28-13-26)23(12-19)17(7)8/h9-18H,1-8H3;9-17,27H,1-8H3. The van der Waals surface area contributed by atoms with Crippen molar-refractivity contribution in [2.45, 2.75) is 158 Å². The van der Waals surface area contributed by atoms with Crippen LogP contribution in [-0.2, 0) is 14.4 Å². The summed E-state index contributed by atoms with van der Waals surface area (Å²) in [5.41, 5.74) is 12.3. The summed E-state index contributed by atoms with van der Waals surface area (Å²) in [6, 6.07) is 16.9. The quantitative estimate of drug-likeness (QED) is 0.113. The number of ether oxygens (including phenoxy) is 3. The molecule has 0 unspecified atom stereocenters. The maximum absolute atomic E-state index is 11.2. The molecule has 0 fully saturated rings. The largest absolute Gasteiger partial charge is 0.507 e. The van der Waals surface area contributed by atoms with Crippen molar-refractivity contribution in [1.82, 2.24) is 0 Å². The van der Waals surface area contributed by atoms with Gasteiger partial charge in [-0.05, 0) is 163 Å². The Hall–Kier alpha value is -4.91. The van der Waals surface area contributed by atoms with Crippen molar-refractivity contribution in [3.63, 3.8) is 0 Å². The monoisotopic (exact) mass is 792 g/mol. The third-order valence-electron chi connectivity index (χ3n) is 10.7. The number of carbonyl (C=O) groups is 3. The molecule has 0 saturated carbocycles. The highest BCUT2D eigenvalue weighted by molar-refractivity contribution is 5.74.